The molecular weight excluding hydrogens is 1380 g/mol. The summed E-state index contributed by atoms with van der Waals surface area (Å²) in [5.74, 6) is -2.24. The molecule has 534 valence electrons. The lowest BCUT2D eigenvalue weighted by Gasteiger charge is -2.31. The van der Waals surface area contributed by atoms with Gasteiger partial charge in [-0.05, 0) is 33.6 Å². The van der Waals surface area contributed by atoms with Crippen molar-refractivity contribution in [1.29, 1.82) is 0 Å². The van der Waals surface area contributed by atoms with Gasteiger partial charge in [0.05, 0.1) is 49.8 Å². The molecule has 32 nitrogen and oxygen atoms in total. The minimum atomic E-state index is -3.80. The van der Waals surface area contributed by atoms with Gasteiger partial charge < -0.3 is 52.8 Å². The number of aliphatic hydroxyl groups excluding tert-OH is 2. The lowest BCUT2D eigenvalue weighted by atomic mass is 9.73. The number of hydrogen-bond donors (Lipinski definition) is 2. The molecule has 32 atom stereocenters. The summed E-state index contributed by atoms with van der Waals surface area (Å²) in [6.07, 6.45) is -1.99. The molecule has 2 N–H and O–H groups in total. The van der Waals surface area contributed by atoms with Crippen molar-refractivity contribution >= 4 is 78.6 Å². The van der Waals surface area contributed by atoms with E-state index in [1.54, 1.807) is 13.8 Å². The molecular formula is C56H82O32S6. The van der Waals surface area contributed by atoms with Crippen LogP contribution in [0.2, 0.25) is 0 Å². The van der Waals surface area contributed by atoms with Gasteiger partial charge >= 0.3 is 17.9 Å². The van der Waals surface area contributed by atoms with Gasteiger partial charge in [0.2, 0.25) is 0 Å². The second-order valence-electron chi connectivity index (χ2n) is 29.4. The summed E-state index contributed by atoms with van der Waals surface area (Å²) in [5, 5.41) is 14.9. The molecule has 0 aromatic rings. The van der Waals surface area contributed by atoms with Crippen LogP contribution in [0.5, 0.6) is 0 Å². The van der Waals surface area contributed by atoms with Crippen LogP contribution < -0.4 is 0 Å². The van der Waals surface area contributed by atoms with Gasteiger partial charge in [0.25, 0.3) is 60.7 Å². The number of carbonyl (C=O) groups excluding carboxylic acids is 3. The van der Waals surface area contributed by atoms with E-state index in [2.05, 4.69) is 4.74 Å². The average molecular weight is 1460 g/mol. The van der Waals surface area contributed by atoms with E-state index >= 15 is 0 Å². The van der Waals surface area contributed by atoms with Crippen molar-refractivity contribution in [2.45, 2.75) is 247 Å². The van der Waals surface area contributed by atoms with Gasteiger partial charge in [0.1, 0.15) is 127 Å². The Morgan fingerprint density at radius 3 is 1.46 bits per heavy atom. The molecule has 18 fully saturated rings. The van der Waals surface area contributed by atoms with E-state index in [4.69, 9.17) is 63.0 Å². The van der Waals surface area contributed by atoms with Gasteiger partial charge in [-0.1, -0.05) is 48.5 Å². The van der Waals surface area contributed by atoms with E-state index in [9.17, 15) is 75.1 Å². The highest BCUT2D eigenvalue weighted by Crippen LogP contribution is 2.65. The van der Waals surface area contributed by atoms with Gasteiger partial charge in [-0.15, -0.1) is 0 Å². The van der Waals surface area contributed by atoms with Gasteiger partial charge in [-0.3, -0.25) is 39.5 Å². The summed E-state index contributed by atoms with van der Waals surface area (Å²) < 4.78 is 221. The van der Waals surface area contributed by atoms with Crippen LogP contribution in [0.3, 0.4) is 0 Å². The number of aliphatic hydroxyl groups is 2. The monoisotopic (exact) mass is 1460 g/mol. The molecule has 0 aliphatic carbocycles. The largest absolute Gasteiger partial charge is 0.469 e. The Morgan fingerprint density at radius 1 is 0.457 bits per heavy atom. The Hall–Kier alpha value is -2.45. The molecule has 32 unspecified atom stereocenters. The number of carbonyl (C=O) groups is 3. The van der Waals surface area contributed by atoms with E-state index in [-0.39, 0.29) is 116 Å². The van der Waals surface area contributed by atoms with Crippen LogP contribution in [-0.4, -0.2) is 250 Å². The molecule has 94 heavy (non-hydrogen) atoms. The minimum Gasteiger partial charge on any atom is -0.469 e. The topological polar surface area (TPSA) is 435 Å². The average Bonchev–Trinajstić information content (AvgIpc) is 1.51. The highest BCUT2D eigenvalue weighted by molar-refractivity contribution is 7.89. The van der Waals surface area contributed by atoms with Crippen molar-refractivity contribution in [2.75, 3.05) is 33.5 Å². The summed E-state index contributed by atoms with van der Waals surface area (Å²) in [6, 6.07) is 0. The van der Waals surface area contributed by atoms with E-state index in [1.165, 1.54) is 21.0 Å². The molecule has 0 saturated carbocycles. The lowest BCUT2D eigenvalue weighted by molar-refractivity contribution is -0.162. The predicted molar refractivity (Wildman–Crippen MR) is 313 cm³/mol. The maximum Gasteiger partial charge on any atom is 0.312 e. The van der Waals surface area contributed by atoms with E-state index in [1.807, 2.05) is 55.4 Å². The first-order valence-electron chi connectivity index (χ1n) is 31.5. The van der Waals surface area contributed by atoms with Crippen LogP contribution in [0.25, 0.3) is 0 Å². The Morgan fingerprint density at radius 2 is 0.936 bits per heavy atom. The van der Waals surface area contributed by atoms with Crippen LogP contribution in [0.4, 0.5) is 0 Å². The zero-order valence-corrected chi connectivity index (χ0v) is 58.6. The molecule has 18 rings (SSSR count). The highest BCUT2D eigenvalue weighted by Gasteiger charge is 2.82. The molecule has 12 bridgehead atoms. The summed E-state index contributed by atoms with van der Waals surface area (Å²) in [6.45, 7) is 20.7. The molecule has 18 heterocycles. The van der Waals surface area contributed by atoms with Crippen molar-refractivity contribution < 1.29 is 143 Å². The SMILES string of the molecule is CC(=O)OCC12CC3C(COC(C)=O)(O1)C(OS3(=O)=O)C2C.CC1C2CC3C(C)(O2)C1OS3(=O)=O.CC1C2OC3C1OS(=O)(=O)C3C2C.CC1C2OS(=O)(=O)C3CC1(C)OC23C.CC1C2OS(=O)(=O)C3CC1(CO)OC23CO.COC(=O)C1C2OC3C(OS(=O)(=O)C31)C2C. The van der Waals surface area contributed by atoms with Crippen LogP contribution >= 0.6 is 0 Å². The summed E-state index contributed by atoms with van der Waals surface area (Å²) in [4.78, 5) is 33.8. The second-order valence-corrected chi connectivity index (χ2v) is 39.9. The number of ether oxygens (including phenoxy) is 9. The van der Waals surface area contributed by atoms with Crippen molar-refractivity contribution in [3.63, 3.8) is 0 Å². The van der Waals surface area contributed by atoms with Gasteiger partial charge in [0.15, 0.2) is 0 Å². The Balaban J connectivity index is 0.000000103. The first-order valence-corrected chi connectivity index (χ1v) is 40.3. The number of rotatable bonds is 7. The third kappa shape index (κ3) is 9.52. The summed E-state index contributed by atoms with van der Waals surface area (Å²) in [5.41, 5.74) is -5.67. The second kappa shape index (κ2) is 21.8. The van der Waals surface area contributed by atoms with Crippen molar-refractivity contribution in [1.82, 2.24) is 0 Å². The standard InChI is InChI=1S/C13H18O8S.C9H14O6S.C9H12O6S.C9H14O4S.2C8H12O4S/c1-7-11-13(6-19-9(3)15)10(22(16,17)20-11)4-12(7,21-13)5-18-8(2)14;1-5-7-9(4-11)6(16(12,13)14-7)2-8(5,3-10)15-9;1-3-5-4(9(10)13-2)8-7(14-5)6(3)15-16(8,11)12;1-5-7-9(3)6(14(10,11)12-7)4-8(5,2)13-9;1-4-5-3-6-8(2,11-5)7(4)12-13(6,9)10;1-3-5-4(2)8-7(11-5)6(3)12-13(8,9)10/h7,10-11H,4-6H2,1-3H3;5-7,10-11H,2-4H2,1H3;3-8H,1-2H3;5-7H,4H2,1-3H3;4-7H,3H2,1-2H3;3-8H,1-2H3. The third-order valence-electron chi connectivity index (χ3n) is 24.5. The fourth-order valence-corrected chi connectivity index (χ4v) is 31.4. The smallest absolute Gasteiger partial charge is 0.312 e. The quantitative estimate of drug-likeness (QED) is 0.171. The molecule has 0 aromatic carbocycles. The van der Waals surface area contributed by atoms with Crippen LogP contribution in [0.15, 0.2) is 0 Å². The fourth-order valence-electron chi connectivity index (χ4n) is 19.5. The molecule has 0 amide bonds. The Kier molecular flexibility index (Phi) is 16.2. The van der Waals surface area contributed by atoms with Crippen LogP contribution in [0, 0.1) is 47.3 Å². The van der Waals surface area contributed by atoms with Gasteiger partial charge in [0, 0.05) is 68.1 Å². The molecule has 38 heteroatoms. The van der Waals surface area contributed by atoms with E-state index in [0.717, 1.165) is 0 Å². The first-order chi connectivity index (χ1) is 43.3. The highest BCUT2D eigenvalue weighted by atomic mass is 32.2. The predicted octanol–water partition coefficient (Wildman–Crippen LogP) is -1.25. The molecule has 18 saturated heterocycles. The normalized spacial score (nSPS) is 55.4. The number of esters is 3. The summed E-state index contributed by atoms with van der Waals surface area (Å²) in [7, 11) is -20.0. The number of fused-ring (bicyclic) bond motifs is 6. The van der Waals surface area contributed by atoms with Crippen LogP contribution in [-0.2, 0) is 143 Å². The third-order valence-corrected chi connectivity index (χ3v) is 35.2. The van der Waals surface area contributed by atoms with Gasteiger partial charge in [-0.25, -0.2) is 0 Å². The zero-order valence-electron chi connectivity index (χ0n) is 53.7. The maximum atomic E-state index is 12.2. The van der Waals surface area contributed by atoms with Crippen molar-refractivity contribution in [3.05, 3.63) is 0 Å². The number of hydrogen-bond acceptors (Lipinski definition) is 32. The molecule has 18 aliphatic heterocycles. The maximum absolute atomic E-state index is 12.2. The molecule has 0 aromatic heterocycles. The van der Waals surface area contributed by atoms with Crippen molar-refractivity contribution in [3.8, 4) is 0 Å². The Labute approximate surface area is 546 Å². The molecule has 0 spiro atoms. The van der Waals surface area contributed by atoms with E-state index < -0.39 is 187 Å². The molecule has 0 radical (unpaired) electrons. The fraction of sp³-hybridized carbons (Fsp3) is 0.946. The lowest BCUT2D eigenvalue weighted by Crippen LogP contribution is -2.51. The minimum absolute atomic E-state index is 0.0444. The van der Waals surface area contributed by atoms with E-state index in [0.29, 0.717) is 12.8 Å². The zero-order chi connectivity index (χ0) is 68.9. The summed E-state index contributed by atoms with van der Waals surface area (Å²) >= 11 is 0. The first kappa shape index (κ1) is 70.0. The van der Waals surface area contributed by atoms with Crippen molar-refractivity contribution in [2.24, 2.45) is 47.3 Å². The van der Waals surface area contributed by atoms with Crippen LogP contribution in [0.1, 0.15) is 109 Å². The number of methoxy groups -OCH3 is 1. The molecule has 18 aliphatic rings. The Bertz CT molecular complexity index is 3870. The van der Waals surface area contributed by atoms with Gasteiger partial charge in [-0.2, -0.15) is 50.5 Å².